The number of hydrogen-bond acceptors (Lipinski definition) is 7. The number of rotatable bonds is 6. The second kappa shape index (κ2) is 7.20. The van der Waals surface area contributed by atoms with Crippen molar-refractivity contribution in [3.05, 3.63) is 40.8 Å². The van der Waals surface area contributed by atoms with Gasteiger partial charge >= 0.3 is 5.97 Å². The highest BCUT2D eigenvalue weighted by molar-refractivity contribution is 8.00. The van der Waals surface area contributed by atoms with Crippen molar-refractivity contribution in [2.45, 2.75) is 31.2 Å². The molecule has 9 heteroatoms. The van der Waals surface area contributed by atoms with Gasteiger partial charge in [-0.05, 0) is 38.5 Å². The molecule has 3 aromatic rings. The van der Waals surface area contributed by atoms with Gasteiger partial charge < -0.3 is 19.1 Å². The van der Waals surface area contributed by atoms with E-state index in [1.807, 2.05) is 12.1 Å². The van der Waals surface area contributed by atoms with E-state index in [0.29, 0.717) is 39.3 Å². The van der Waals surface area contributed by atoms with Crippen LogP contribution in [0.25, 0.3) is 11.6 Å². The van der Waals surface area contributed by atoms with Crippen molar-refractivity contribution >= 4 is 23.5 Å². The van der Waals surface area contributed by atoms with Gasteiger partial charge in [0.1, 0.15) is 5.69 Å². The molecule has 2 N–H and O–H groups in total. The lowest BCUT2D eigenvalue weighted by Gasteiger charge is -2.07. The lowest BCUT2D eigenvalue weighted by Crippen LogP contribution is -2.15. The molecule has 3 heterocycles. The van der Waals surface area contributed by atoms with E-state index in [1.54, 1.807) is 27.0 Å². The number of ketones is 1. The van der Waals surface area contributed by atoms with Crippen molar-refractivity contribution in [1.29, 1.82) is 0 Å². The topological polar surface area (TPSA) is 114 Å². The zero-order valence-electron chi connectivity index (χ0n) is 14.7. The average Bonchev–Trinajstić information content (AvgIpc) is 3.34. The Morgan fingerprint density at radius 3 is 2.73 bits per heavy atom. The zero-order chi connectivity index (χ0) is 18.8. The lowest BCUT2D eigenvalue weighted by molar-refractivity contribution is 0.0599. The molecule has 0 aliphatic rings. The number of aromatic nitrogens is 4. The third-order valence-electron chi connectivity index (χ3n) is 3.96. The highest BCUT2D eigenvalue weighted by atomic mass is 32.2. The molecule has 0 aromatic carbocycles. The van der Waals surface area contributed by atoms with E-state index in [4.69, 9.17) is 9.15 Å². The fraction of sp³-hybridized carbons (Fsp3) is 0.294. The number of esters is 1. The Bertz CT molecular complexity index is 942. The summed E-state index contributed by atoms with van der Waals surface area (Å²) in [5.41, 5.74) is 2.65. The predicted molar refractivity (Wildman–Crippen MR) is 95.3 cm³/mol. The summed E-state index contributed by atoms with van der Waals surface area (Å²) in [6.45, 7) is 5.20. The summed E-state index contributed by atoms with van der Waals surface area (Å²) in [6, 6.07) is 3.64. The van der Waals surface area contributed by atoms with Crippen molar-refractivity contribution in [3.8, 4) is 11.6 Å². The summed E-state index contributed by atoms with van der Waals surface area (Å²) in [4.78, 5) is 30.6. The number of thioether (sulfide) groups is 1. The number of aryl methyl sites for hydroxylation is 1. The minimum atomic E-state index is -0.478. The number of hydrogen-bond donors (Lipinski definition) is 2. The molecule has 0 fully saturated rings. The van der Waals surface area contributed by atoms with Crippen molar-refractivity contribution in [3.63, 3.8) is 0 Å². The largest absolute Gasteiger partial charge is 0.465 e. The van der Waals surface area contributed by atoms with E-state index in [-0.39, 0.29) is 5.78 Å². The maximum atomic E-state index is 12.8. The maximum Gasteiger partial charge on any atom is 0.339 e. The van der Waals surface area contributed by atoms with Crippen LogP contribution in [0.15, 0.2) is 28.0 Å². The van der Waals surface area contributed by atoms with E-state index in [1.165, 1.54) is 7.11 Å². The van der Waals surface area contributed by atoms with Crippen LogP contribution < -0.4 is 0 Å². The predicted octanol–water partition coefficient (Wildman–Crippen LogP) is 3.16. The van der Waals surface area contributed by atoms with Crippen LogP contribution in [0, 0.1) is 13.8 Å². The summed E-state index contributed by atoms with van der Waals surface area (Å²) in [5, 5.41) is 7.75. The highest BCUT2D eigenvalue weighted by Crippen LogP contribution is 2.29. The van der Waals surface area contributed by atoms with Crippen LogP contribution in [0.5, 0.6) is 0 Å². The van der Waals surface area contributed by atoms with Crippen LogP contribution in [0.2, 0.25) is 0 Å². The van der Waals surface area contributed by atoms with Gasteiger partial charge in [-0.1, -0.05) is 11.8 Å². The van der Waals surface area contributed by atoms with E-state index in [2.05, 4.69) is 20.2 Å². The number of aromatic amines is 2. The monoisotopic (exact) mass is 374 g/mol. The van der Waals surface area contributed by atoms with Crippen LogP contribution in [-0.2, 0) is 4.74 Å². The Morgan fingerprint density at radius 1 is 1.31 bits per heavy atom. The third kappa shape index (κ3) is 3.30. The van der Waals surface area contributed by atoms with Crippen LogP contribution in [0.3, 0.4) is 0 Å². The molecule has 0 saturated carbocycles. The van der Waals surface area contributed by atoms with Gasteiger partial charge in [-0.25, -0.2) is 4.79 Å². The number of Topliss-reactive ketones (excluding diaryl/α,β-unsaturated/α-hetero) is 1. The summed E-state index contributed by atoms with van der Waals surface area (Å²) >= 11 is 1.16. The Morgan fingerprint density at radius 2 is 2.08 bits per heavy atom. The second-order valence-electron chi connectivity index (χ2n) is 5.70. The Labute approximate surface area is 153 Å². The molecule has 0 saturated heterocycles. The summed E-state index contributed by atoms with van der Waals surface area (Å²) < 4.78 is 10.3. The first-order valence-corrected chi connectivity index (χ1v) is 8.76. The summed E-state index contributed by atoms with van der Waals surface area (Å²) in [5.74, 6) is -0.273. The Balaban J connectivity index is 1.77. The number of carbonyl (C=O) groups excluding carboxylic acids is 2. The number of nitrogens with one attached hydrogen (secondary N) is 2. The van der Waals surface area contributed by atoms with Gasteiger partial charge in [0.05, 0.1) is 23.6 Å². The molecule has 0 aliphatic heterocycles. The Kier molecular flexibility index (Phi) is 4.99. The van der Waals surface area contributed by atoms with Crippen LogP contribution >= 0.6 is 11.8 Å². The van der Waals surface area contributed by atoms with E-state index >= 15 is 0 Å². The fourth-order valence-electron chi connectivity index (χ4n) is 2.64. The van der Waals surface area contributed by atoms with Gasteiger partial charge in [0.2, 0.25) is 0 Å². The van der Waals surface area contributed by atoms with Crippen LogP contribution in [-0.4, -0.2) is 44.3 Å². The summed E-state index contributed by atoms with van der Waals surface area (Å²) in [7, 11) is 1.31. The Hall–Kier alpha value is -2.81. The molecule has 26 heavy (non-hydrogen) atoms. The first-order chi connectivity index (χ1) is 12.4. The molecule has 3 aromatic heterocycles. The van der Waals surface area contributed by atoms with Gasteiger partial charge in [-0.15, -0.1) is 10.2 Å². The van der Waals surface area contributed by atoms with Crippen LogP contribution in [0.1, 0.15) is 39.0 Å². The number of nitrogens with zero attached hydrogens (tertiary/aromatic N) is 2. The van der Waals surface area contributed by atoms with E-state index in [0.717, 1.165) is 11.8 Å². The number of methoxy groups -OCH3 is 1. The minimum absolute atomic E-state index is 0.162. The second-order valence-corrected chi connectivity index (χ2v) is 6.99. The van der Waals surface area contributed by atoms with Gasteiger partial charge in [0.25, 0.3) is 11.1 Å². The van der Waals surface area contributed by atoms with Crippen LogP contribution in [0.4, 0.5) is 0 Å². The molecule has 136 valence electrons. The first-order valence-electron chi connectivity index (χ1n) is 7.88. The lowest BCUT2D eigenvalue weighted by atomic mass is 10.1. The molecule has 3 rings (SSSR count). The normalized spacial score (nSPS) is 12.2. The molecule has 1 atom stereocenters. The minimum Gasteiger partial charge on any atom is -0.465 e. The van der Waals surface area contributed by atoms with Gasteiger partial charge in [-0.3, -0.25) is 4.79 Å². The summed E-state index contributed by atoms with van der Waals surface area (Å²) in [6.07, 6.45) is 1.76. The van der Waals surface area contributed by atoms with E-state index < -0.39 is 11.2 Å². The van der Waals surface area contributed by atoms with Gasteiger partial charge in [0, 0.05) is 11.9 Å². The number of ether oxygens (including phenoxy) is 1. The van der Waals surface area contributed by atoms with E-state index in [9.17, 15) is 9.59 Å². The molecular formula is C17H18N4O4S. The first kappa shape index (κ1) is 18.0. The molecule has 0 spiro atoms. The molecule has 0 unspecified atom stereocenters. The van der Waals surface area contributed by atoms with Crippen molar-refractivity contribution < 1.29 is 18.7 Å². The molecular weight excluding hydrogens is 356 g/mol. The van der Waals surface area contributed by atoms with Gasteiger partial charge in [-0.2, -0.15) is 0 Å². The van der Waals surface area contributed by atoms with Crippen molar-refractivity contribution in [2.24, 2.45) is 0 Å². The standard InChI is InChI=1S/C17H18N4O4S/c1-8-12(16(23)24-4)9(2)19-13(8)14(22)10(3)26-17-21-20-15(25-17)11-6-5-7-18-11/h5-7,10,18-19H,1-4H3/t10-/m1/s1. The number of H-pyrrole nitrogens is 2. The quantitative estimate of drug-likeness (QED) is 0.387. The number of carbonyl (C=O) groups is 2. The van der Waals surface area contributed by atoms with Gasteiger partial charge in [0.15, 0.2) is 5.78 Å². The fourth-order valence-corrected chi connectivity index (χ4v) is 3.38. The zero-order valence-corrected chi connectivity index (χ0v) is 15.6. The molecule has 8 nitrogen and oxygen atoms in total. The average molecular weight is 374 g/mol. The smallest absolute Gasteiger partial charge is 0.339 e. The molecule has 0 radical (unpaired) electrons. The SMILES string of the molecule is COC(=O)c1c(C)[nH]c(C(=O)[C@@H](C)Sc2nnc(-c3ccc[nH]3)o2)c1C. The molecule has 0 bridgehead atoms. The maximum absolute atomic E-state index is 12.8. The van der Waals surface area contributed by atoms with Crippen molar-refractivity contribution in [2.75, 3.05) is 7.11 Å². The highest BCUT2D eigenvalue weighted by Gasteiger charge is 2.27. The molecule has 0 aliphatic carbocycles. The van der Waals surface area contributed by atoms with Crippen molar-refractivity contribution in [1.82, 2.24) is 20.2 Å². The molecule has 0 amide bonds. The third-order valence-corrected chi connectivity index (χ3v) is 4.89.